The van der Waals surface area contributed by atoms with Crippen LogP contribution >= 0.6 is 11.6 Å². The Labute approximate surface area is 188 Å². The molecular formula is C25H30ClFN2O2. The van der Waals surface area contributed by atoms with E-state index in [4.69, 9.17) is 11.6 Å². The Hall–Kier alpha value is -2.40. The Morgan fingerprint density at radius 3 is 2.45 bits per heavy atom. The van der Waals surface area contributed by atoms with E-state index in [2.05, 4.69) is 5.32 Å². The number of rotatable bonds is 8. The van der Waals surface area contributed by atoms with Crippen molar-refractivity contribution in [3.63, 3.8) is 0 Å². The summed E-state index contributed by atoms with van der Waals surface area (Å²) in [6, 6.07) is 12.8. The zero-order valence-electron chi connectivity index (χ0n) is 17.9. The van der Waals surface area contributed by atoms with Crippen LogP contribution in [-0.2, 0) is 22.6 Å². The lowest BCUT2D eigenvalue weighted by atomic mass is 9.95. The van der Waals surface area contributed by atoms with Gasteiger partial charge in [-0.15, -0.1) is 0 Å². The summed E-state index contributed by atoms with van der Waals surface area (Å²) in [7, 11) is 0. The maximum atomic E-state index is 13.4. The molecule has 1 aliphatic rings. The molecule has 1 saturated carbocycles. The van der Waals surface area contributed by atoms with E-state index in [0.717, 1.165) is 36.8 Å². The van der Waals surface area contributed by atoms with Crippen molar-refractivity contribution in [2.45, 2.75) is 70.5 Å². The van der Waals surface area contributed by atoms with Crippen molar-refractivity contribution < 1.29 is 14.0 Å². The van der Waals surface area contributed by atoms with Gasteiger partial charge in [-0.2, -0.15) is 0 Å². The van der Waals surface area contributed by atoms with Gasteiger partial charge in [-0.3, -0.25) is 9.59 Å². The molecule has 0 aliphatic heterocycles. The molecule has 0 saturated heterocycles. The number of nitrogens with zero attached hydrogens (tertiary/aromatic N) is 1. The molecule has 166 valence electrons. The van der Waals surface area contributed by atoms with Gasteiger partial charge < -0.3 is 10.2 Å². The lowest BCUT2D eigenvalue weighted by Crippen LogP contribution is -2.51. The summed E-state index contributed by atoms with van der Waals surface area (Å²) in [6.45, 7) is 2.16. The summed E-state index contributed by atoms with van der Waals surface area (Å²) in [5.74, 6) is -0.601. The van der Waals surface area contributed by atoms with Gasteiger partial charge in [0.1, 0.15) is 11.9 Å². The predicted molar refractivity (Wildman–Crippen MR) is 121 cm³/mol. The first-order valence-corrected chi connectivity index (χ1v) is 11.4. The smallest absolute Gasteiger partial charge is 0.243 e. The lowest BCUT2D eigenvalue weighted by molar-refractivity contribution is -0.141. The van der Waals surface area contributed by atoms with Crippen LogP contribution in [0.5, 0.6) is 0 Å². The van der Waals surface area contributed by atoms with Gasteiger partial charge in [0, 0.05) is 17.6 Å². The van der Waals surface area contributed by atoms with E-state index >= 15 is 0 Å². The van der Waals surface area contributed by atoms with E-state index in [0.29, 0.717) is 11.4 Å². The summed E-state index contributed by atoms with van der Waals surface area (Å²) >= 11 is 6.08. The second-order valence-electron chi connectivity index (χ2n) is 8.22. The molecule has 4 nitrogen and oxygen atoms in total. The zero-order valence-corrected chi connectivity index (χ0v) is 18.7. The minimum absolute atomic E-state index is 0.115. The third kappa shape index (κ3) is 6.79. The van der Waals surface area contributed by atoms with Crippen LogP contribution in [0.2, 0.25) is 5.02 Å². The van der Waals surface area contributed by atoms with Gasteiger partial charge in [0.25, 0.3) is 0 Å². The molecule has 31 heavy (non-hydrogen) atoms. The van der Waals surface area contributed by atoms with Crippen LogP contribution < -0.4 is 5.32 Å². The minimum Gasteiger partial charge on any atom is -0.352 e. The Balaban J connectivity index is 1.80. The molecule has 0 heterocycles. The normalized spacial score (nSPS) is 15.3. The Kier molecular flexibility index (Phi) is 8.47. The molecule has 2 aromatic rings. The topological polar surface area (TPSA) is 49.4 Å². The second kappa shape index (κ2) is 11.3. The average molecular weight is 445 g/mol. The Morgan fingerprint density at radius 2 is 1.81 bits per heavy atom. The first-order chi connectivity index (χ1) is 15.0. The minimum atomic E-state index is -0.585. The number of benzene rings is 2. The number of hydrogen-bond acceptors (Lipinski definition) is 2. The van der Waals surface area contributed by atoms with Crippen LogP contribution in [0.3, 0.4) is 0 Å². The number of carbonyl (C=O) groups excluding carboxylic acids is 2. The van der Waals surface area contributed by atoms with E-state index in [1.807, 2.05) is 19.1 Å². The molecule has 0 bridgehead atoms. The molecule has 1 fully saturated rings. The van der Waals surface area contributed by atoms with Gasteiger partial charge in [0.15, 0.2) is 0 Å². The van der Waals surface area contributed by atoms with Crippen molar-refractivity contribution in [1.29, 1.82) is 0 Å². The molecule has 0 spiro atoms. The molecule has 0 radical (unpaired) electrons. The van der Waals surface area contributed by atoms with Crippen molar-refractivity contribution in [1.82, 2.24) is 10.2 Å². The fourth-order valence-corrected chi connectivity index (χ4v) is 4.39. The first-order valence-electron chi connectivity index (χ1n) is 11.0. The van der Waals surface area contributed by atoms with E-state index < -0.39 is 6.04 Å². The van der Waals surface area contributed by atoms with Crippen LogP contribution in [-0.4, -0.2) is 28.8 Å². The second-order valence-corrected chi connectivity index (χ2v) is 8.66. The third-order valence-electron chi connectivity index (χ3n) is 5.85. The molecule has 0 aromatic heterocycles. The SMILES string of the molecule is CC[C@@H](C(=O)NC1CCCCC1)N(Cc1ccc(F)cc1)C(=O)Cc1cccc(Cl)c1. The van der Waals surface area contributed by atoms with Crippen molar-refractivity contribution in [2.75, 3.05) is 0 Å². The molecule has 6 heteroatoms. The quantitative estimate of drug-likeness (QED) is 0.602. The highest BCUT2D eigenvalue weighted by molar-refractivity contribution is 6.30. The number of halogens is 2. The fraction of sp³-hybridized carbons (Fsp3) is 0.440. The van der Waals surface area contributed by atoms with Gasteiger partial charge in [-0.25, -0.2) is 4.39 Å². The van der Waals surface area contributed by atoms with Gasteiger partial charge in [0.2, 0.25) is 11.8 Å². The lowest BCUT2D eigenvalue weighted by Gasteiger charge is -2.33. The highest BCUT2D eigenvalue weighted by atomic mass is 35.5. The van der Waals surface area contributed by atoms with Gasteiger partial charge in [-0.05, 0) is 54.7 Å². The Bertz CT molecular complexity index is 881. The van der Waals surface area contributed by atoms with Crippen LogP contribution in [0.25, 0.3) is 0 Å². The summed E-state index contributed by atoms with van der Waals surface area (Å²) in [4.78, 5) is 28.1. The standard InChI is InChI=1S/C25H30ClFN2O2/c1-2-23(25(31)28-22-9-4-3-5-10-22)29(17-18-11-13-21(27)14-12-18)24(30)16-19-7-6-8-20(26)15-19/h6-8,11-15,22-23H,2-5,9-10,16-17H2,1H3,(H,28,31)/t23-/m0/s1. The molecule has 1 atom stereocenters. The molecule has 2 amide bonds. The van der Waals surface area contributed by atoms with Gasteiger partial charge in [-0.1, -0.05) is 62.1 Å². The maximum Gasteiger partial charge on any atom is 0.243 e. The third-order valence-corrected chi connectivity index (χ3v) is 6.08. The zero-order chi connectivity index (χ0) is 22.2. The fourth-order valence-electron chi connectivity index (χ4n) is 4.17. The first kappa shape index (κ1) is 23.3. The molecule has 0 unspecified atom stereocenters. The number of amides is 2. The summed E-state index contributed by atoms with van der Waals surface area (Å²) in [5, 5.41) is 3.73. The van der Waals surface area contributed by atoms with E-state index in [1.54, 1.807) is 29.2 Å². The summed E-state index contributed by atoms with van der Waals surface area (Å²) < 4.78 is 13.4. The van der Waals surface area contributed by atoms with Crippen molar-refractivity contribution in [3.05, 3.63) is 70.5 Å². The largest absolute Gasteiger partial charge is 0.352 e. The van der Waals surface area contributed by atoms with Gasteiger partial charge in [0.05, 0.1) is 6.42 Å². The summed E-state index contributed by atoms with van der Waals surface area (Å²) in [6.07, 6.45) is 6.06. The molecule has 3 rings (SSSR count). The highest BCUT2D eigenvalue weighted by Gasteiger charge is 2.30. The highest BCUT2D eigenvalue weighted by Crippen LogP contribution is 2.20. The van der Waals surface area contributed by atoms with Crippen molar-refractivity contribution in [3.8, 4) is 0 Å². The average Bonchev–Trinajstić information content (AvgIpc) is 2.75. The van der Waals surface area contributed by atoms with Crippen LogP contribution in [0.1, 0.15) is 56.6 Å². The predicted octanol–water partition coefficient (Wildman–Crippen LogP) is 5.28. The molecular weight excluding hydrogens is 415 g/mol. The van der Waals surface area contributed by atoms with Gasteiger partial charge >= 0.3 is 0 Å². The van der Waals surface area contributed by atoms with E-state index in [1.165, 1.54) is 18.6 Å². The van der Waals surface area contributed by atoms with Crippen molar-refractivity contribution >= 4 is 23.4 Å². The van der Waals surface area contributed by atoms with Crippen LogP contribution in [0.4, 0.5) is 4.39 Å². The summed E-state index contributed by atoms with van der Waals surface area (Å²) in [5.41, 5.74) is 1.58. The molecule has 2 aromatic carbocycles. The maximum absolute atomic E-state index is 13.4. The molecule has 1 N–H and O–H groups in total. The number of hydrogen-bond donors (Lipinski definition) is 1. The monoisotopic (exact) mass is 444 g/mol. The van der Waals surface area contributed by atoms with Crippen LogP contribution in [0.15, 0.2) is 48.5 Å². The number of nitrogens with one attached hydrogen (secondary N) is 1. The van der Waals surface area contributed by atoms with E-state index in [-0.39, 0.29) is 36.6 Å². The Morgan fingerprint density at radius 1 is 1.10 bits per heavy atom. The number of carbonyl (C=O) groups is 2. The van der Waals surface area contributed by atoms with Crippen molar-refractivity contribution in [2.24, 2.45) is 0 Å². The molecule has 1 aliphatic carbocycles. The van der Waals surface area contributed by atoms with Crippen LogP contribution in [0, 0.1) is 5.82 Å². The van der Waals surface area contributed by atoms with E-state index in [9.17, 15) is 14.0 Å².